The summed E-state index contributed by atoms with van der Waals surface area (Å²) in [7, 11) is 0. The normalized spacial score (nSPS) is 18.6. The van der Waals surface area contributed by atoms with E-state index >= 15 is 0 Å². The van der Waals surface area contributed by atoms with Gasteiger partial charge in [0, 0.05) is 19.0 Å². The van der Waals surface area contributed by atoms with Crippen molar-refractivity contribution in [3.8, 4) is 5.75 Å². The number of carbonyl (C=O) groups excluding carboxylic acids is 1. The molecule has 1 N–H and O–H groups in total. The summed E-state index contributed by atoms with van der Waals surface area (Å²) in [5.41, 5.74) is 0. The van der Waals surface area contributed by atoms with Crippen molar-refractivity contribution in [1.82, 2.24) is 10.2 Å². The lowest BCUT2D eigenvalue weighted by Gasteiger charge is -2.22. The number of hydrogen-bond donors (Lipinski definition) is 1. The molecule has 21 heavy (non-hydrogen) atoms. The van der Waals surface area contributed by atoms with Crippen LogP contribution in [-0.2, 0) is 4.79 Å². The lowest BCUT2D eigenvalue weighted by atomic mass is 10.2. The number of likely N-dealkylation sites (N-methyl/N-ethyl adjacent to an activating group) is 1. The van der Waals surface area contributed by atoms with Crippen LogP contribution in [0.4, 0.5) is 0 Å². The van der Waals surface area contributed by atoms with Gasteiger partial charge in [-0.2, -0.15) is 0 Å². The summed E-state index contributed by atoms with van der Waals surface area (Å²) in [4.78, 5) is 14.3. The van der Waals surface area contributed by atoms with Crippen LogP contribution in [0.2, 0.25) is 0 Å². The van der Waals surface area contributed by atoms with Gasteiger partial charge in [-0.1, -0.05) is 25.1 Å². The predicted molar refractivity (Wildman–Crippen MR) is 84.4 cm³/mol. The molecule has 0 saturated carbocycles. The minimum Gasteiger partial charge on any atom is -0.494 e. The molecule has 1 aliphatic heterocycles. The molecule has 4 heteroatoms. The van der Waals surface area contributed by atoms with Gasteiger partial charge in [0.1, 0.15) is 5.75 Å². The van der Waals surface area contributed by atoms with Gasteiger partial charge >= 0.3 is 0 Å². The third-order valence-corrected chi connectivity index (χ3v) is 4.00. The second kappa shape index (κ2) is 8.67. The molecule has 0 aliphatic carbocycles. The van der Waals surface area contributed by atoms with Crippen molar-refractivity contribution in [2.45, 2.75) is 38.6 Å². The van der Waals surface area contributed by atoms with E-state index in [1.165, 1.54) is 19.4 Å². The number of nitrogens with zero attached hydrogens (tertiary/aromatic N) is 1. The quantitative estimate of drug-likeness (QED) is 0.748. The molecule has 0 aromatic heterocycles. The number of para-hydroxylation sites is 1. The highest BCUT2D eigenvalue weighted by Crippen LogP contribution is 2.15. The SMILES string of the molecule is CCN1CCCC1CNC(=O)CCCOc1ccccc1. The molecular formula is C17H26N2O2. The molecule has 0 bridgehead atoms. The van der Waals surface area contributed by atoms with Crippen LogP contribution in [0, 0.1) is 0 Å². The fourth-order valence-corrected chi connectivity index (χ4v) is 2.80. The number of benzene rings is 1. The Kier molecular flexibility index (Phi) is 6.54. The zero-order valence-corrected chi connectivity index (χ0v) is 12.9. The van der Waals surface area contributed by atoms with E-state index < -0.39 is 0 Å². The largest absolute Gasteiger partial charge is 0.494 e. The second-order valence-electron chi connectivity index (χ2n) is 5.49. The van der Waals surface area contributed by atoms with E-state index in [2.05, 4.69) is 17.1 Å². The number of likely N-dealkylation sites (tertiary alicyclic amines) is 1. The maximum Gasteiger partial charge on any atom is 0.220 e. The van der Waals surface area contributed by atoms with Crippen LogP contribution in [0.1, 0.15) is 32.6 Å². The van der Waals surface area contributed by atoms with Crippen molar-refractivity contribution in [1.29, 1.82) is 0 Å². The molecule has 1 atom stereocenters. The molecule has 1 heterocycles. The van der Waals surface area contributed by atoms with Crippen molar-refractivity contribution in [2.75, 3.05) is 26.2 Å². The Morgan fingerprint density at radius 3 is 2.95 bits per heavy atom. The standard InChI is InChI=1S/C17H26N2O2/c1-2-19-12-6-8-15(19)14-18-17(20)11-7-13-21-16-9-4-3-5-10-16/h3-5,9-10,15H,2,6-8,11-14H2,1H3,(H,18,20). The smallest absolute Gasteiger partial charge is 0.220 e. The lowest BCUT2D eigenvalue weighted by molar-refractivity contribution is -0.121. The predicted octanol–water partition coefficient (Wildman–Crippen LogP) is 2.45. The van der Waals surface area contributed by atoms with Crippen molar-refractivity contribution in [3.05, 3.63) is 30.3 Å². The van der Waals surface area contributed by atoms with Crippen LogP contribution < -0.4 is 10.1 Å². The monoisotopic (exact) mass is 290 g/mol. The minimum absolute atomic E-state index is 0.134. The van der Waals surface area contributed by atoms with Crippen molar-refractivity contribution >= 4 is 5.91 Å². The van der Waals surface area contributed by atoms with Gasteiger partial charge in [-0.05, 0) is 44.5 Å². The lowest BCUT2D eigenvalue weighted by Crippen LogP contribution is -2.40. The Hall–Kier alpha value is -1.55. The van der Waals surface area contributed by atoms with Gasteiger partial charge < -0.3 is 10.1 Å². The first kappa shape index (κ1) is 15.8. The van der Waals surface area contributed by atoms with Gasteiger partial charge in [-0.15, -0.1) is 0 Å². The molecule has 0 radical (unpaired) electrons. The van der Waals surface area contributed by atoms with Gasteiger partial charge in [0.05, 0.1) is 6.61 Å². The molecule has 2 rings (SSSR count). The maximum absolute atomic E-state index is 11.8. The maximum atomic E-state index is 11.8. The summed E-state index contributed by atoms with van der Waals surface area (Å²) in [5, 5.41) is 3.05. The fraction of sp³-hybridized carbons (Fsp3) is 0.588. The Morgan fingerprint density at radius 1 is 1.38 bits per heavy atom. The first-order valence-corrected chi connectivity index (χ1v) is 7.98. The summed E-state index contributed by atoms with van der Waals surface area (Å²) < 4.78 is 5.58. The summed E-state index contributed by atoms with van der Waals surface area (Å²) in [6.45, 7) is 5.79. The molecule has 4 nitrogen and oxygen atoms in total. The van der Waals surface area contributed by atoms with E-state index in [1.807, 2.05) is 30.3 Å². The third kappa shape index (κ3) is 5.38. The third-order valence-electron chi connectivity index (χ3n) is 4.00. The summed E-state index contributed by atoms with van der Waals surface area (Å²) in [5.74, 6) is 0.997. The fourth-order valence-electron chi connectivity index (χ4n) is 2.80. The first-order chi connectivity index (χ1) is 10.3. The summed E-state index contributed by atoms with van der Waals surface area (Å²) in [6.07, 6.45) is 3.74. The van der Waals surface area contributed by atoms with E-state index in [4.69, 9.17) is 4.74 Å². The number of rotatable bonds is 8. The number of hydrogen-bond acceptors (Lipinski definition) is 3. The molecule has 1 amide bonds. The van der Waals surface area contributed by atoms with E-state index in [0.717, 1.165) is 25.3 Å². The van der Waals surface area contributed by atoms with Gasteiger partial charge in [0.15, 0.2) is 0 Å². The Labute approximate surface area is 127 Å². The molecule has 1 aromatic rings. The number of ether oxygens (including phenoxy) is 1. The molecular weight excluding hydrogens is 264 g/mol. The van der Waals surface area contributed by atoms with Gasteiger partial charge in [0.2, 0.25) is 5.91 Å². The zero-order chi connectivity index (χ0) is 14.9. The van der Waals surface area contributed by atoms with E-state index in [0.29, 0.717) is 19.1 Å². The molecule has 1 unspecified atom stereocenters. The minimum atomic E-state index is 0.134. The van der Waals surface area contributed by atoms with Crippen molar-refractivity contribution < 1.29 is 9.53 Å². The van der Waals surface area contributed by atoms with Crippen LogP contribution in [0.25, 0.3) is 0 Å². The summed E-state index contributed by atoms with van der Waals surface area (Å²) >= 11 is 0. The van der Waals surface area contributed by atoms with Crippen LogP contribution in [-0.4, -0.2) is 43.1 Å². The average molecular weight is 290 g/mol. The molecule has 1 aliphatic rings. The zero-order valence-electron chi connectivity index (χ0n) is 12.9. The van der Waals surface area contributed by atoms with Crippen LogP contribution in [0.15, 0.2) is 30.3 Å². The first-order valence-electron chi connectivity index (χ1n) is 7.98. The van der Waals surface area contributed by atoms with Gasteiger partial charge in [-0.3, -0.25) is 9.69 Å². The molecule has 1 aromatic carbocycles. The molecule has 116 valence electrons. The van der Waals surface area contributed by atoms with E-state index in [-0.39, 0.29) is 5.91 Å². The van der Waals surface area contributed by atoms with Crippen LogP contribution in [0.3, 0.4) is 0 Å². The Morgan fingerprint density at radius 2 is 2.19 bits per heavy atom. The number of nitrogens with one attached hydrogen (secondary N) is 1. The Bertz CT molecular complexity index is 422. The molecule has 1 fully saturated rings. The van der Waals surface area contributed by atoms with E-state index in [9.17, 15) is 4.79 Å². The molecule has 0 spiro atoms. The van der Waals surface area contributed by atoms with Crippen LogP contribution >= 0.6 is 0 Å². The average Bonchev–Trinajstić information content (AvgIpc) is 2.98. The van der Waals surface area contributed by atoms with Crippen molar-refractivity contribution in [3.63, 3.8) is 0 Å². The van der Waals surface area contributed by atoms with E-state index in [1.54, 1.807) is 0 Å². The van der Waals surface area contributed by atoms with Gasteiger partial charge in [-0.25, -0.2) is 0 Å². The highest BCUT2D eigenvalue weighted by Gasteiger charge is 2.22. The number of carbonyl (C=O) groups is 1. The topological polar surface area (TPSA) is 41.6 Å². The highest BCUT2D eigenvalue weighted by molar-refractivity contribution is 5.75. The van der Waals surface area contributed by atoms with Crippen LogP contribution in [0.5, 0.6) is 5.75 Å². The van der Waals surface area contributed by atoms with Crippen molar-refractivity contribution in [2.24, 2.45) is 0 Å². The second-order valence-corrected chi connectivity index (χ2v) is 5.49. The van der Waals surface area contributed by atoms with Gasteiger partial charge in [0.25, 0.3) is 0 Å². The Balaban J connectivity index is 1.55. The molecule has 1 saturated heterocycles. The number of amides is 1. The summed E-state index contributed by atoms with van der Waals surface area (Å²) in [6, 6.07) is 10.2. The highest BCUT2D eigenvalue weighted by atomic mass is 16.5.